The van der Waals surface area contributed by atoms with Crippen LogP contribution in [0.5, 0.6) is 0 Å². The van der Waals surface area contributed by atoms with E-state index < -0.39 is 0 Å². The van der Waals surface area contributed by atoms with Crippen molar-refractivity contribution < 1.29 is 10.8 Å². The maximum atomic E-state index is 8.77. The Bertz CT molecular complexity index is 239. The first-order chi connectivity index (χ1) is 5.24. The normalized spacial score (nSPS) is 13.0. The van der Waals surface area contributed by atoms with Crippen LogP contribution in [-0.4, -0.2) is 11.7 Å². The third-order valence-corrected chi connectivity index (χ3v) is 1.78. The molecule has 0 aromatic heterocycles. The Morgan fingerprint density at radius 1 is 1.55 bits per heavy atom. The molecule has 11 heavy (non-hydrogen) atoms. The Morgan fingerprint density at radius 3 is 2.82 bits per heavy atom. The highest BCUT2D eigenvalue weighted by atomic mass is 35.5. The van der Waals surface area contributed by atoms with Crippen molar-refractivity contribution in [1.29, 1.82) is 0 Å². The standard InChI is InChI=1S/C8H10ClNO/c9-7-3-1-2-6(4-7)8(10)5-11/h1-4,8,11H,5,10H2/p+1/t8-/m0/s1. The Hall–Kier alpha value is -0.570. The van der Waals surface area contributed by atoms with Gasteiger partial charge in [-0.3, -0.25) is 0 Å². The fourth-order valence-corrected chi connectivity index (χ4v) is 1.06. The summed E-state index contributed by atoms with van der Waals surface area (Å²) < 4.78 is 0. The lowest BCUT2D eigenvalue weighted by Crippen LogP contribution is -2.55. The van der Waals surface area contributed by atoms with E-state index in [2.05, 4.69) is 5.73 Å². The molecule has 0 bridgehead atoms. The number of quaternary nitrogens is 1. The van der Waals surface area contributed by atoms with Crippen LogP contribution < -0.4 is 5.73 Å². The molecule has 0 radical (unpaired) electrons. The second kappa shape index (κ2) is 3.72. The Morgan fingerprint density at radius 2 is 2.27 bits per heavy atom. The first-order valence-corrected chi connectivity index (χ1v) is 3.81. The van der Waals surface area contributed by atoms with Gasteiger partial charge >= 0.3 is 0 Å². The zero-order chi connectivity index (χ0) is 8.27. The molecule has 3 heteroatoms. The van der Waals surface area contributed by atoms with Crippen LogP contribution in [-0.2, 0) is 0 Å². The average molecular weight is 173 g/mol. The SMILES string of the molecule is [NH3+][C@@H](CO)c1cccc(Cl)c1. The van der Waals surface area contributed by atoms with Gasteiger partial charge in [-0.05, 0) is 12.1 Å². The number of hydrogen-bond donors (Lipinski definition) is 2. The Labute approximate surface area is 70.6 Å². The summed E-state index contributed by atoms with van der Waals surface area (Å²) in [5.74, 6) is 0. The molecule has 1 aromatic carbocycles. The van der Waals surface area contributed by atoms with Crippen molar-refractivity contribution >= 4 is 11.6 Å². The minimum atomic E-state index is -0.0753. The van der Waals surface area contributed by atoms with Crippen LogP contribution >= 0.6 is 11.6 Å². The number of hydrogen-bond acceptors (Lipinski definition) is 1. The molecule has 2 nitrogen and oxygen atoms in total. The summed E-state index contributed by atoms with van der Waals surface area (Å²) >= 11 is 5.74. The van der Waals surface area contributed by atoms with Gasteiger partial charge in [0.2, 0.25) is 0 Å². The molecule has 0 aliphatic heterocycles. The fourth-order valence-electron chi connectivity index (χ4n) is 0.866. The van der Waals surface area contributed by atoms with Crippen LogP contribution in [0, 0.1) is 0 Å². The summed E-state index contributed by atoms with van der Waals surface area (Å²) in [6.07, 6.45) is 0. The van der Waals surface area contributed by atoms with Gasteiger partial charge < -0.3 is 10.8 Å². The second-order valence-corrected chi connectivity index (χ2v) is 2.87. The molecule has 60 valence electrons. The third kappa shape index (κ3) is 2.19. The number of benzene rings is 1. The summed E-state index contributed by atoms with van der Waals surface area (Å²) in [5.41, 5.74) is 4.73. The van der Waals surface area contributed by atoms with Crippen LogP contribution in [0.2, 0.25) is 5.02 Å². The predicted octanol–water partition coefficient (Wildman–Crippen LogP) is 0.615. The van der Waals surface area contributed by atoms with Crippen molar-refractivity contribution in [2.45, 2.75) is 6.04 Å². The molecule has 0 saturated carbocycles. The topological polar surface area (TPSA) is 47.9 Å². The van der Waals surface area contributed by atoms with Gasteiger partial charge in [-0.2, -0.15) is 0 Å². The van der Waals surface area contributed by atoms with Crippen molar-refractivity contribution in [2.75, 3.05) is 6.61 Å². The van der Waals surface area contributed by atoms with Gasteiger partial charge in [-0.25, -0.2) is 0 Å². The molecule has 0 amide bonds. The molecule has 0 spiro atoms. The lowest BCUT2D eigenvalue weighted by Gasteiger charge is -2.04. The molecule has 0 unspecified atom stereocenters. The van der Waals surface area contributed by atoms with Gasteiger partial charge in [0.15, 0.2) is 0 Å². The largest absolute Gasteiger partial charge is 0.390 e. The van der Waals surface area contributed by atoms with E-state index in [1.807, 2.05) is 18.2 Å². The Balaban J connectivity index is 2.86. The van der Waals surface area contributed by atoms with E-state index in [4.69, 9.17) is 16.7 Å². The number of aliphatic hydroxyl groups excluding tert-OH is 1. The van der Waals surface area contributed by atoms with Crippen LogP contribution in [0.15, 0.2) is 24.3 Å². The minimum absolute atomic E-state index is 0.0559. The van der Waals surface area contributed by atoms with Gasteiger partial charge in [0, 0.05) is 10.6 Å². The van der Waals surface area contributed by atoms with Crippen molar-refractivity contribution in [3.63, 3.8) is 0 Å². The van der Waals surface area contributed by atoms with E-state index in [0.717, 1.165) is 5.56 Å². The molecule has 0 fully saturated rings. The monoisotopic (exact) mass is 172 g/mol. The summed E-state index contributed by atoms with van der Waals surface area (Å²) in [4.78, 5) is 0. The third-order valence-electron chi connectivity index (χ3n) is 1.54. The minimum Gasteiger partial charge on any atom is -0.390 e. The van der Waals surface area contributed by atoms with E-state index in [1.54, 1.807) is 6.07 Å². The predicted molar refractivity (Wildman–Crippen MR) is 44.2 cm³/mol. The molecule has 4 N–H and O–H groups in total. The molecule has 0 aliphatic carbocycles. The maximum absolute atomic E-state index is 8.77. The van der Waals surface area contributed by atoms with Crippen molar-refractivity contribution in [2.24, 2.45) is 0 Å². The van der Waals surface area contributed by atoms with Crippen LogP contribution in [0.4, 0.5) is 0 Å². The number of halogens is 1. The van der Waals surface area contributed by atoms with E-state index in [-0.39, 0.29) is 12.6 Å². The lowest BCUT2D eigenvalue weighted by molar-refractivity contribution is -0.432. The maximum Gasteiger partial charge on any atom is 0.133 e. The highest BCUT2D eigenvalue weighted by Crippen LogP contribution is 2.14. The molecule has 1 atom stereocenters. The van der Waals surface area contributed by atoms with E-state index in [9.17, 15) is 0 Å². The van der Waals surface area contributed by atoms with Crippen molar-refractivity contribution in [3.05, 3.63) is 34.9 Å². The van der Waals surface area contributed by atoms with Crippen LogP contribution in [0.3, 0.4) is 0 Å². The highest BCUT2D eigenvalue weighted by molar-refractivity contribution is 6.30. The fraction of sp³-hybridized carbons (Fsp3) is 0.250. The molecule has 0 aliphatic rings. The van der Waals surface area contributed by atoms with Gasteiger partial charge in [0.25, 0.3) is 0 Å². The van der Waals surface area contributed by atoms with Gasteiger partial charge in [0.1, 0.15) is 6.04 Å². The summed E-state index contributed by atoms with van der Waals surface area (Å²) in [6.45, 7) is 0.0559. The molecular weight excluding hydrogens is 162 g/mol. The molecule has 1 aromatic rings. The Kier molecular flexibility index (Phi) is 2.88. The first kappa shape index (κ1) is 8.53. The number of rotatable bonds is 2. The second-order valence-electron chi connectivity index (χ2n) is 2.43. The quantitative estimate of drug-likeness (QED) is 0.675. The smallest absolute Gasteiger partial charge is 0.133 e. The average Bonchev–Trinajstić information content (AvgIpc) is 2.03. The first-order valence-electron chi connectivity index (χ1n) is 3.43. The van der Waals surface area contributed by atoms with E-state index in [1.165, 1.54) is 0 Å². The molecular formula is C8H11ClNO+. The van der Waals surface area contributed by atoms with Gasteiger partial charge in [-0.15, -0.1) is 0 Å². The van der Waals surface area contributed by atoms with E-state index >= 15 is 0 Å². The molecule has 0 heterocycles. The van der Waals surface area contributed by atoms with E-state index in [0.29, 0.717) is 5.02 Å². The zero-order valence-electron chi connectivity index (χ0n) is 6.13. The summed E-state index contributed by atoms with van der Waals surface area (Å²) in [5, 5.41) is 9.46. The van der Waals surface area contributed by atoms with Crippen molar-refractivity contribution in [1.82, 2.24) is 0 Å². The summed E-state index contributed by atoms with van der Waals surface area (Å²) in [6, 6.07) is 7.30. The summed E-state index contributed by atoms with van der Waals surface area (Å²) in [7, 11) is 0. The van der Waals surface area contributed by atoms with Crippen LogP contribution in [0.25, 0.3) is 0 Å². The van der Waals surface area contributed by atoms with Gasteiger partial charge in [0.05, 0.1) is 6.61 Å². The highest BCUT2D eigenvalue weighted by Gasteiger charge is 2.06. The molecule has 1 rings (SSSR count). The number of aliphatic hydroxyl groups is 1. The zero-order valence-corrected chi connectivity index (χ0v) is 6.88. The lowest BCUT2D eigenvalue weighted by atomic mass is 10.1. The van der Waals surface area contributed by atoms with Crippen LogP contribution in [0.1, 0.15) is 11.6 Å². The van der Waals surface area contributed by atoms with Gasteiger partial charge in [-0.1, -0.05) is 23.7 Å². The molecule has 0 saturated heterocycles. The van der Waals surface area contributed by atoms with Crippen molar-refractivity contribution in [3.8, 4) is 0 Å².